The molecule has 0 spiro atoms. The fraction of sp³-hybridized carbons (Fsp3) is 0.391. The van der Waals surface area contributed by atoms with Gasteiger partial charge in [-0.05, 0) is 30.7 Å². The summed E-state index contributed by atoms with van der Waals surface area (Å²) in [7, 11) is 0. The number of hydrogen-bond donors (Lipinski definition) is 2. The Bertz CT molecular complexity index is 910. The van der Waals surface area contributed by atoms with E-state index in [2.05, 4.69) is 46.7 Å². The van der Waals surface area contributed by atoms with Crippen molar-refractivity contribution < 1.29 is 14.3 Å². The summed E-state index contributed by atoms with van der Waals surface area (Å²) in [6.45, 7) is 5.95. The van der Waals surface area contributed by atoms with Crippen LogP contribution in [-0.4, -0.2) is 55.3 Å². The van der Waals surface area contributed by atoms with Crippen molar-refractivity contribution in [3.63, 3.8) is 0 Å². The number of amides is 2. The Morgan fingerprint density at radius 2 is 1.97 bits per heavy atom. The molecular formula is C23H27N3O3S. The number of nitrogens with zero attached hydrogens (tertiary/aromatic N) is 1. The molecular weight excluding hydrogens is 398 g/mol. The molecule has 1 atom stereocenters. The monoisotopic (exact) mass is 425 g/mol. The van der Waals surface area contributed by atoms with E-state index < -0.39 is 0 Å². The molecule has 0 bridgehead atoms. The van der Waals surface area contributed by atoms with Crippen molar-refractivity contribution in [1.82, 2.24) is 10.2 Å². The molecule has 30 heavy (non-hydrogen) atoms. The molecule has 2 aromatic carbocycles. The predicted molar refractivity (Wildman–Crippen MR) is 119 cm³/mol. The summed E-state index contributed by atoms with van der Waals surface area (Å²) in [5, 5.41) is 6.12. The Labute approximate surface area is 181 Å². The van der Waals surface area contributed by atoms with Crippen LogP contribution in [0.5, 0.6) is 0 Å². The summed E-state index contributed by atoms with van der Waals surface area (Å²) >= 11 is 1.64. The number of morpholine rings is 1. The minimum absolute atomic E-state index is 0.0105. The molecule has 2 N–H and O–H groups in total. The average Bonchev–Trinajstić information content (AvgIpc) is 2.94. The molecule has 7 heteroatoms. The van der Waals surface area contributed by atoms with Gasteiger partial charge in [0, 0.05) is 42.3 Å². The fourth-order valence-corrected chi connectivity index (χ4v) is 4.61. The lowest BCUT2D eigenvalue weighted by atomic mass is 10.0. The number of carbonyl (C=O) groups excluding carboxylic acids is 2. The number of hydrogen-bond acceptors (Lipinski definition) is 5. The first-order chi connectivity index (χ1) is 14.6. The number of nitrogens with one attached hydrogen (secondary N) is 2. The molecule has 0 saturated carbocycles. The molecule has 0 unspecified atom stereocenters. The molecule has 2 aromatic rings. The van der Waals surface area contributed by atoms with Gasteiger partial charge in [0.2, 0.25) is 5.91 Å². The standard InChI is InChI=1S/C23H27N3O3S/c1-16-2-4-17(5-3-16)20(15-26-9-11-29-12-10-26)25-23(28)18-6-7-21-19(14-18)24-22(27)8-13-30-21/h2-7,14,20H,8-13,15H2,1H3,(H,24,27)(H,25,28)/t20-/m1/s1. The van der Waals surface area contributed by atoms with Crippen LogP contribution in [0.1, 0.15) is 33.9 Å². The second kappa shape index (κ2) is 9.64. The summed E-state index contributed by atoms with van der Waals surface area (Å²) in [5.41, 5.74) is 3.54. The summed E-state index contributed by atoms with van der Waals surface area (Å²) < 4.78 is 5.46. The number of ether oxygens (including phenoxy) is 1. The third-order valence-corrected chi connectivity index (χ3v) is 6.51. The molecule has 0 radical (unpaired) electrons. The van der Waals surface area contributed by atoms with Crippen molar-refractivity contribution in [3.05, 3.63) is 59.2 Å². The van der Waals surface area contributed by atoms with Crippen molar-refractivity contribution >= 4 is 29.3 Å². The normalized spacial score (nSPS) is 18.1. The van der Waals surface area contributed by atoms with Gasteiger partial charge in [0.25, 0.3) is 5.91 Å². The molecule has 158 valence electrons. The Hall–Kier alpha value is -2.35. The van der Waals surface area contributed by atoms with Crippen LogP contribution in [0, 0.1) is 6.92 Å². The van der Waals surface area contributed by atoms with Gasteiger partial charge in [-0.1, -0.05) is 29.8 Å². The molecule has 4 rings (SSSR count). The van der Waals surface area contributed by atoms with Crippen LogP contribution in [0.15, 0.2) is 47.4 Å². The molecule has 1 saturated heterocycles. The highest BCUT2D eigenvalue weighted by atomic mass is 32.2. The number of fused-ring (bicyclic) bond motifs is 1. The summed E-state index contributed by atoms with van der Waals surface area (Å²) in [5.74, 6) is 0.600. The Morgan fingerprint density at radius 1 is 1.20 bits per heavy atom. The van der Waals surface area contributed by atoms with Crippen LogP contribution in [-0.2, 0) is 9.53 Å². The average molecular weight is 426 g/mol. The summed E-state index contributed by atoms with van der Waals surface area (Å²) in [4.78, 5) is 28.3. The quantitative estimate of drug-likeness (QED) is 0.770. The Balaban J connectivity index is 1.53. The van der Waals surface area contributed by atoms with Crippen molar-refractivity contribution in [3.8, 4) is 0 Å². The number of aryl methyl sites for hydroxylation is 1. The first-order valence-electron chi connectivity index (χ1n) is 10.3. The topological polar surface area (TPSA) is 70.7 Å². The number of rotatable bonds is 5. The second-order valence-electron chi connectivity index (χ2n) is 7.71. The fourth-order valence-electron chi connectivity index (χ4n) is 3.68. The number of thioether (sulfide) groups is 1. The van der Waals surface area contributed by atoms with E-state index in [-0.39, 0.29) is 17.9 Å². The zero-order chi connectivity index (χ0) is 20.9. The summed E-state index contributed by atoms with van der Waals surface area (Å²) in [6.07, 6.45) is 0.482. The van der Waals surface area contributed by atoms with E-state index in [1.165, 1.54) is 5.56 Å². The van der Waals surface area contributed by atoms with E-state index in [0.29, 0.717) is 12.0 Å². The highest BCUT2D eigenvalue weighted by Crippen LogP contribution is 2.31. The molecule has 6 nitrogen and oxygen atoms in total. The van der Waals surface area contributed by atoms with E-state index >= 15 is 0 Å². The van der Waals surface area contributed by atoms with Gasteiger partial charge in [0.1, 0.15) is 0 Å². The maximum absolute atomic E-state index is 13.1. The number of benzene rings is 2. The van der Waals surface area contributed by atoms with Crippen molar-refractivity contribution in [2.75, 3.05) is 43.9 Å². The number of carbonyl (C=O) groups is 2. The molecule has 2 aliphatic heterocycles. The van der Waals surface area contributed by atoms with Gasteiger partial charge in [-0.25, -0.2) is 0 Å². The van der Waals surface area contributed by atoms with Gasteiger partial charge in [0.15, 0.2) is 0 Å². The number of anilines is 1. The van der Waals surface area contributed by atoms with Gasteiger partial charge in [0.05, 0.1) is 24.9 Å². The maximum atomic E-state index is 13.1. The van der Waals surface area contributed by atoms with Gasteiger partial charge < -0.3 is 15.4 Å². The summed E-state index contributed by atoms with van der Waals surface area (Å²) in [6, 6.07) is 13.7. The molecule has 2 heterocycles. The lowest BCUT2D eigenvalue weighted by Crippen LogP contribution is -2.43. The van der Waals surface area contributed by atoms with Crippen LogP contribution in [0.3, 0.4) is 0 Å². The van der Waals surface area contributed by atoms with Crippen molar-refractivity contribution in [2.45, 2.75) is 24.3 Å². The van der Waals surface area contributed by atoms with Gasteiger partial charge >= 0.3 is 0 Å². The van der Waals surface area contributed by atoms with Gasteiger partial charge in [-0.3, -0.25) is 14.5 Å². The lowest BCUT2D eigenvalue weighted by molar-refractivity contribution is -0.115. The van der Waals surface area contributed by atoms with E-state index in [0.717, 1.165) is 54.7 Å². The molecule has 1 fully saturated rings. The van der Waals surface area contributed by atoms with E-state index in [1.54, 1.807) is 17.8 Å². The first kappa shape index (κ1) is 20.9. The lowest BCUT2D eigenvalue weighted by Gasteiger charge is -2.31. The zero-order valence-corrected chi connectivity index (χ0v) is 18.0. The third-order valence-electron chi connectivity index (χ3n) is 5.43. The largest absolute Gasteiger partial charge is 0.379 e. The maximum Gasteiger partial charge on any atom is 0.251 e. The Morgan fingerprint density at radius 3 is 2.73 bits per heavy atom. The SMILES string of the molecule is Cc1ccc([C@@H](CN2CCOCC2)NC(=O)c2ccc3c(c2)NC(=O)CCS3)cc1. The molecule has 2 amide bonds. The first-order valence-corrected chi connectivity index (χ1v) is 11.3. The van der Waals surface area contributed by atoms with Crippen LogP contribution in [0.4, 0.5) is 5.69 Å². The smallest absolute Gasteiger partial charge is 0.251 e. The van der Waals surface area contributed by atoms with Crippen molar-refractivity contribution in [1.29, 1.82) is 0 Å². The van der Waals surface area contributed by atoms with Gasteiger partial charge in [-0.15, -0.1) is 11.8 Å². The van der Waals surface area contributed by atoms with Crippen LogP contribution >= 0.6 is 11.8 Å². The van der Waals surface area contributed by atoms with Crippen LogP contribution < -0.4 is 10.6 Å². The minimum Gasteiger partial charge on any atom is -0.379 e. The van der Waals surface area contributed by atoms with E-state index in [4.69, 9.17) is 4.74 Å². The highest BCUT2D eigenvalue weighted by Gasteiger charge is 2.22. The van der Waals surface area contributed by atoms with Crippen LogP contribution in [0.2, 0.25) is 0 Å². The highest BCUT2D eigenvalue weighted by molar-refractivity contribution is 7.99. The van der Waals surface area contributed by atoms with E-state index in [1.807, 2.05) is 12.1 Å². The van der Waals surface area contributed by atoms with Crippen molar-refractivity contribution in [2.24, 2.45) is 0 Å². The molecule has 2 aliphatic rings. The second-order valence-corrected chi connectivity index (χ2v) is 8.84. The van der Waals surface area contributed by atoms with Crippen LogP contribution in [0.25, 0.3) is 0 Å². The third kappa shape index (κ3) is 5.22. The van der Waals surface area contributed by atoms with Gasteiger partial charge in [-0.2, -0.15) is 0 Å². The Kier molecular flexibility index (Phi) is 6.72. The van der Waals surface area contributed by atoms with E-state index in [9.17, 15) is 9.59 Å². The molecule has 0 aliphatic carbocycles. The molecule has 0 aromatic heterocycles. The zero-order valence-electron chi connectivity index (χ0n) is 17.1. The predicted octanol–water partition coefficient (Wildman–Crippen LogP) is 3.23. The minimum atomic E-state index is -0.139.